The number of azide groups is 1. The van der Waals surface area contributed by atoms with E-state index in [1.54, 1.807) is 18.7 Å². The molecule has 4 unspecified atom stereocenters. The number of unbranched alkanes of at least 4 members (excludes halogenated alkanes) is 2. The van der Waals surface area contributed by atoms with Crippen molar-refractivity contribution in [3.8, 4) is 0 Å². The molecule has 1 N–H and O–H groups in total. The van der Waals surface area contributed by atoms with Crippen molar-refractivity contribution in [2.24, 2.45) is 11.0 Å². The van der Waals surface area contributed by atoms with Crippen LogP contribution in [-0.4, -0.2) is 103 Å². The van der Waals surface area contributed by atoms with Crippen LogP contribution in [0.15, 0.2) is 96.1 Å². The number of hydrogen-bond donors (Lipinski definition) is 1. The summed E-state index contributed by atoms with van der Waals surface area (Å²) in [6, 6.07) is 27.6. The van der Waals surface area contributed by atoms with Crippen LogP contribution >= 0.6 is 0 Å². The van der Waals surface area contributed by atoms with Crippen molar-refractivity contribution in [3.63, 3.8) is 0 Å². The highest BCUT2D eigenvalue weighted by Crippen LogP contribution is 2.36. The molecule has 0 bridgehead atoms. The molecular formula is C44H56N4O12. The number of carbonyl (C=O) groups is 3. The van der Waals surface area contributed by atoms with E-state index in [0.29, 0.717) is 32.4 Å². The number of aliphatic hydroxyl groups excluding tert-OH is 1. The largest absolute Gasteiger partial charge is 0.463 e. The number of ether oxygens (including phenoxy) is 8. The van der Waals surface area contributed by atoms with Gasteiger partial charge < -0.3 is 47.9 Å². The Labute approximate surface area is 350 Å². The van der Waals surface area contributed by atoms with Crippen molar-refractivity contribution in [2.75, 3.05) is 19.8 Å². The molecule has 5 rings (SSSR count). The van der Waals surface area contributed by atoms with Gasteiger partial charge in [0.1, 0.15) is 31.5 Å². The Morgan fingerprint density at radius 2 is 1.38 bits per heavy atom. The van der Waals surface area contributed by atoms with E-state index in [1.165, 1.54) is 13.8 Å². The molecule has 0 aromatic heterocycles. The fourth-order valence-corrected chi connectivity index (χ4v) is 7.17. The summed E-state index contributed by atoms with van der Waals surface area (Å²) in [7, 11) is 0. The Morgan fingerprint density at radius 1 is 0.750 bits per heavy atom. The van der Waals surface area contributed by atoms with E-state index in [9.17, 15) is 25.0 Å². The van der Waals surface area contributed by atoms with E-state index >= 15 is 0 Å². The molecular weight excluding hydrogens is 776 g/mol. The Bertz CT molecular complexity index is 1820. The molecule has 2 aliphatic rings. The van der Waals surface area contributed by atoms with Crippen LogP contribution in [-0.2, 0) is 67.2 Å². The predicted octanol–water partition coefficient (Wildman–Crippen LogP) is 6.62. The van der Waals surface area contributed by atoms with Crippen molar-refractivity contribution < 1.29 is 57.4 Å². The molecule has 0 spiro atoms. The molecule has 16 nitrogen and oxygen atoms in total. The molecule has 2 heterocycles. The average Bonchev–Trinajstić information content (AvgIpc) is 3.24. The van der Waals surface area contributed by atoms with Crippen LogP contribution in [0.5, 0.6) is 0 Å². The minimum Gasteiger partial charge on any atom is -0.463 e. The Hall–Kier alpha value is -5.06. The summed E-state index contributed by atoms with van der Waals surface area (Å²) >= 11 is 0. The third-order valence-electron chi connectivity index (χ3n) is 10.3. The fraction of sp³-hybridized carbons (Fsp3) is 0.523. The molecule has 16 heteroatoms. The summed E-state index contributed by atoms with van der Waals surface area (Å²) in [4.78, 5) is 42.3. The van der Waals surface area contributed by atoms with E-state index in [-0.39, 0.29) is 26.4 Å². The monoisotopic (exact) mass is 832 g/mol. The quantitative estimate of drug-likeness (QED) is 0.0319. The number of benzene rings is 3. The van der Waals surface area contributed by atoms with E-state index in [0.717, 1.165) is 16.7 Å². The van der Waals surface area contributed by atoms with Gasteiger partial charge in [-0.25, -0.2) is 4.79 Å². The Balaban J connectivity index is 1.22. The summed E-state index contributed by atoms with van der Waals surface area (Å²) in [6.07, 6.45) is -6.83. The first-order chi connectivity index (χ1) is 29.0. The van der Waals surface area contributed by atoms with Crippen molar-refractivity contribution in [3.05, 3.63) is 118 Å². The second-order valence-electron chi connectivity index (χ2n) is 14.9. The zero-order valence-electron chi connectivity index (χ0n) is 34.5. The summed E-state index contributed by atoms with van der Waals surface area (Å²) in [5.41, 5.74) is 12.3. The number of carbonyl (C=O) groups excluding carboxylic acids is 3. The molecule has 0 aliphatic carbocycles. The number of esters is 2. The molecule has 2 aliphatic heterocycles. The van der Waals surface area contributed by atoms with Gasteiger partial charge in [0.15, 0.2) is 18.7 Å². The van der Waals surface area contributed by atoms with Crippen molar-refractivity contribution >= 4 is 18.0 Å². The molecule has 2 saturated heterocycles. The summed E-state index contributed by atoms with van der Waals surface area (Å²) in [5.74, 6) is -1.80. The van der Waals surface area contributed by atoms with Crippen LogP contribution in [0.1, 0.15) is 63.6 Å². The van der Waals surface area contributed by atoms with Gasteiger partial charge in [0.25, 0.3) is 0 Å². The highest BCUT2D eigenvalue weighted by molar-refractivity contribution is 5.67. The maximum Gasteiger partial charge on any atom is 0.410 e. The molecule has 0 radical (unpaired) electrons. The van der Waals surface area contributed by atoms with Crippen LogP contribution in [0, 0.1) is 5.92 Å². The number of hydrogen-bond acceptors (Lipinski definition) is 13. The second kappa shape index (κ2) is 23.7. The SMILES string of the molecule is CC(=O)OCC1O[C@H](OCCCCCN(Cc2ccccc2)C(=O)OCc2ccccc2)C(N=[N+]=[N-])[C@@H](C)[C@@H]1O[C@@H]1OC(C)[C@@H](O)[C@@H](OCc2ccccc2)C1OC(C)=O. The van der Waals surface area contributed by atoms with E-state index in [4.69, 9.17) is 37.9 Å². The third kappa shape index (κ3) is 13.7. The van der Waals surface area contributed by atoms with Crippen LogP contribution in [0.2, 0.25) is 0 Å². The lowest BCUT2D eigenvalue weighted by Gasteiger charge is -2.48. The van der Waals surface area contributed by atoms with Crippen molar-refractivity contribution in [2.45, 2.75) is 122 Å². The molecule has 3 aromatic carbocycles. The van der Waals surface area contributed by atoms with Gasteiger partial charge in [0, 0.05) is 38.5 Å². The lowest BCUT2D eigenvalue weighted by Crippen LogP contribution is -2.63. The average molecular weight is 833 g/mol. The first kappa shape index (κ1) is 46.0. The normalized spacial score (nSPS) is 26.3. The molecule has 2 fully saturated rings. The Kier molecular flexibility index (Phi) is 18.1. The lowest BCUT2D eigenvalue weighted by molar-refractivity contribution is -0.342. The van der Waals surface area contributed by atoms with Crippen molar-refractivity contribution in [1.82, 2.24) is 4.90 Å². The molecule has 10 atom stereocenters. The minimum absolute atomic E-state index is 0.114. The van der Waals surface area contributed by atoms with Crippen LogP contribution < -0.4 is 0 Å². The first-order valence-corrected chi connectivity index (χ1v) is 20.3. The molecule has 3 aromatic rings. The number of nitrogens with zero attached hydrogens (tertiary/aromatic N) is 4. The number of aliphatic hydroxyl groups is 1. The van der Waals surface area contributed by atoms with Crippen LogP contribution in [0.4, 0.5) is 4.79 Å². The zero-order chi connectivity index (χ0) is 42.9. The van der Waals surface area contributed by atoms with Crippen LogP contribution in [0.25, 0.3) is 10.4 Å². The fourth-order valence-electron chi connectivity index (χ4n) is 7.17. The zero-order valence-corrected chi connectivity index (χ0v) is 34.5. The van der Waals surface area contributed by atoms with Crippen LogP contribution in [0.3, 0.4) is 0 Å². The molecule has 60 heavy (non-hydrogen) atoms. The first-order valence-electron chi connectivity index (χ1n) is 20.3. The van der Waals surface area contributed by atoms with E-state index in [2.05, 4.69) is 10.0 Å². The third-order valence-corrected chi connectivity index (χ3v) is 10.3. The minimum atomic E-state index is -1.26. The van der Waals surface area contributed by atoms with Crippen molar-refractivity contribution in [1.29, 1.82) is 0 Å². The number of rotatable bonds is 20. The predicted molar refractivity (Wildman–Crippen MR) is 216 cm³/mol. The van der Waals surface area contributed by atoms with E-state index in [1.807, 2.05) is 91.0 Å². The smallest absolute Gasteiger partial charge is 0.410 e. The Morgan fingerprint density at radius 3 is 2.00 bits per heavy atom. The van der Waals surface area contributed by atoms with E-state index < -0.39 is 79.2 Å². The summed E-state index contributed by atoms with van der Waals surface area (Å²) < 4.78 is 48.0. The summed E-state index contributed by atoms with van der Waals surface area (Å²) in [6.45, 7) is 7.05. The standard InChI is InChI=1S/C44H56N4O12/c1-29-37(46-47-45)42(53-24-16-8-15-23-48(25-33-17-9-5-10-18-33)44(52)56-27-35-21-13-7-14-22-35)59-36(28-54-31(3)49)39(29)60-43-41(58-32(4)50)40(38(51)30(2)57-43)55-26-34-19-11-6-12-20-34/h5-7,9-14,17-22,29-30,36-43,51H,8,15-16,23-28H2,1-4H3/t29-,30?,36?,37?,38-,39+,40-,41?,42+,43+/m1/s1. The molecule has 324 valence electrons. The van der Waals surface area contributed by atoms with Gasteiger partial charge in [-0.2, -0.15) is 0 Å². The highest BCUT2D eigenvalue weighted by Gasteiger charge is 2.52. The van der Waals surface area contributed by atoms with Gasteiger partial charge >= 0.3 is 18.0 Å². The number of amides is 1. The highest BCUT2D eigenvalue weighted by atomic mass is 16.7. The lowest BCUT2D eigenvalue weighted by atomic mass is 9.88. The van der Waals surface area contributed by atoms with Gasteiger partial charge in [-0.3, -0.25) is 9.59 Å². The van der Waals surface area contributed by atoms with Gasteiger partial charge in [-0.1, -0.05) is 103 Å². The summed E-state index contributed by atoms with van der Waals surface area (Å²) in [5, 5.41) is 15.2. The topological polar surface area (TPSA) is 197 Å². The molecule has 1 amide bonds. The van der Waals surface area contributed by atoms with Gasteiger partial charge in [-0.05, 0) is 54.3 Å². The maximum absolute atomic E-state index is 13.2. The molecule has 0 saturated carbocycles. The maximum atomic E-state index is 13.2. The second-order valence-corrected chi connectivity index (χ2v) is 14.9. The van der Waals surface area contributed by atoms with Gasteiger partial charge in [0.05, 0.1) is 24.9 Å². The van der Waals surface area contributed by atoms with Gasteiger partial charge in [0.2, 0.25) is 0 Å². The van der Waals surface area contributed by atoms with Gasteiger partial charge in [-0.15, -0.1) is 0 Å².